The molecule has 0 bridgehead atoms. The van der Waals surface area contributed by atoms with Crippen LogP contribution in [0.4, 0.5) is 5.69 Å². The van der Waals surface area contributed by atoms with Gasteiger partial charge in [-0.25, -0.2) is 18.2 Å². The van der Waals surface area contributed by atoms with E-state index in [2.05, 4.69) is 9.71 Å². The number of nitrogens with zero attached hydrogens (tertiary/aromatic N) is 2. The summed E-state index contributed by atoms with van der Waals surface area (Å²) >= 11 is 5.89. The first-order valence-corrected chi connectivity index (χ1v) is 11.2. The van der Waals surface area contributed by atoms with E-state index in [4.69, 9.17) is 16.3 Å². The maximum absolute atomic E-state index is 12.5. The molecule has 0 amide bonds. The van der Waals surface area contributed by atoms with E-state index < -0.39 is 16.0 Å². The molecule has 0 radical (unpaired) electrons. The Hall–Kier alpha value is -3.69. The Morgan fingerprint density at radius 3 is 2.59 bits per heavy atom. The number of benzene rings is 2. The predicted octanol–water partition coefficient (Wildman–Crippen LogP) is 3.51. The van der Waals surface area contributed by atoms with Crippen LogP contribution in [0.5, 0.6) is 0 Å². The Kier molecular flexibility index (Phi) is 5.93. The summed E-state index contributed by atoms with van der Waals surface area (Å²) < 4.78 is 33.9. The highest BCUT2D eigenvalue weighted by atomic mass is 35.5. The Bertz CT molecular complexity index is 1470. The molecule has 2 aromatic heterocycles. The fourth-order valence-electron chi connectivity index (χ4n) is 2.95. The number of carbonyl (C=O) groups excluding carboxylic acids is 1. The number of pyridine rings is 1. The van der Waals surface area contributed by atoms with E-state index in [0.29, 0.717) is 10.7 Å². The van der Waals surface area contributed by atoms with Gasteiger partial charge >= 0.3 is 5.97 Å². The van der Waals surface area contributed by atoms with Gasteiger partial charge in [0.05, 0.1) is 21.2 Å². The van der Waals surface area contributed by atoms with E-state index in [0.717, 1.165) is 0 Å². The van der Waals surface area contributed by atoms with E-state index in [9.17, 15) is 18.0 Å². The average Bonchev–Trinajstić information content (AvgIpc) is 2.78. The molecule has 2 heterocycles. The summed E-state index contributed by atoms with van der Waals surface area (Å²) in [6, 6.07) is 18.2. The molecule has 0 aliphatic carbocycles. The van der Waals surface area contributed by atoms with Crippen LogP contribution in [-0.4, -0.2) is 23.8 Å². The fourth-order valence-corrected chi connectivity index (χ4v) is 4.18. The van der Waals surface area contributed by atoms with Crippen molar-refractivity contribution in [3.05, 3.63) is 106 Å². The van der Waals surface area contributed by atoms with Crippen molar-refractivity contribution in [2.75, 3.05) is 4.72 Å². The van der Waals surface area contributed by atoms with Gasteiger partial charge in [-0.2, -0.15) is 0 Å². The number of ether oxygens (including phenoxy) is 1. The number of carbonyl (C=O) groups is 1. The van der Waals surface area contributed by atoms with Crippen molar-refractivity contribution in [2.24, 2.45) is 0 Å². The van der Waals surface area contributed by atoms with Crippen LogP contribution >= 0.6 is 11.6 Å². The number of fused-ring (bicyclic) bond motifs is 1. The number of hydrogen-bond donors (Lipinski definition) is 1. The summed E-state index contributed by atoms with van der Waals surface area (Å²) in [5, 5.41) is 0.392. The van der Waals surface area contributed by atoms with Gasteiger partial charge in [-0.3, -0.25) is 13.9 Å². The van der Waals surface area contributed by atoms with E-state index in [1.807, 2.05) is 0 Å². The number of rotatable bonds is 6. The van der Waals surface area contributed by atoms with E-state index in [-0.39, 0.29) is 34.0 Å². The second-order valence-corrected chi connectivity index (χ2v) is 8.86. The molecule has 0 spiro atoms. The third-order valence-electron chi connectivity index (χ3n) is 4.43. The zero-order valence-corrected chi connectivity index (χ0v) is 18.0. The molecule has 4 rings (SSSR count). The molecule has 0 unspecified atom stereocenters. The largest absolute Gasteiger partial charge is 0.456 e. The lowest BCUT2D eigenvalue weighted by Gasteiger charge is -2.10. The third-order valence-corrected chi connectivity index (χ3v) is 6.05. The number of hydrogen-bond acceptors (Lipinski definition) is 6. The molecule has 0 aliphatic rings. The smallest absolute Gasteiger partial charge is 0.338 e. The monoisotopic (exact) mass is 469 g/mol. The van der Waals surface area contributed by atoms with Crippen molar-refractivity contribution >= 4 is 38.9 Å². The number of sulfonamides is 1. The normalized spacial score (nSPS) is 11.3. The van der Waals surface area contributed by atoms with Crippen LogP contribution in [0.3, 0.4) is 0 Å². The van der Waals surface area contributed by atoms with Gasteiger partial charge in [0.1, 0.15) is 12.3 Å². The fraction of sp³-hybridized carbons (Fsp3) is 0.0455. The van der Waals surface area contributed by atoms with E-state index in [1.54, 1.807) is 30.3 Å². The predicted molar refractivity (Wildman–Crippen MR) is 119 cm³/mol. The number of halogens is 1. The van der Waals surface area contributed by atoms with Crippen LogP contribution in [0.25, 0.3) is 5.65 Å². The average molecular weight is 470 g/mol. The SMILES string of the molecule is O=C(OCc1cc(=O)n2cc(Cl)ccc2n1)c1cccc(NS(=O)(=O)c2ccccc2)c1. The van der Waals surface area contributed by atoms with Gasteiger partial charge in [0.25, 0.3) is 15.6 Å². The lowest BCUT2D eigenvalue weighted by atomic mass is 10.2. The first-order valence-electron chi connectivity index (χ1n) is 9.35. The molecule has 0 saturated heterocycles. The Morgan fingerprint density at radius 1 is 1.03 bits per heavy atom. The molecule has 0 aliphatic heterocycles. The summed E-state index contributed by atoms with van der Waals surface area (Å²) in [6.45, 7) is -0.229. The number of nitrogens with one attached hydrogen (secondary N) is 1. The highest BCUT2D eigenvalue weighted by Crippen LogP contribution is 2.18. The van der Waals surface area contributed by atoms with Crippen molar-refractivity contribution in [1.29, 1.82) is 0 Å². The number of esters is 1. The van der Waals surface area contributed by atoms with Gasteiger partial charge in [0, 0.05) is 18.0 Å². The van der Waals surface area contributed by atoms with Crippen LogP contribution in [0.1, 0.15) is 16.1 Å². The zero-order chi connectivity index (χ0) is 22.7. The molecule has 8 nitrogen and oxygen atoms in total. The van der Waals surface area contributed by atoms with Crippen LogP contribution in [0, 0.1) is 0 Å². The lowest BCUT2D eigenvalue weighted by molar-refractivity contribution is 0.0467. The minimum atomic E-state index is -3.80. The van der Waals surface area contributed by atoms with Gasteiger partial charge < -0.3 is 4.74 Å². The van der Waals surface area contributed by atoms with Crippen molar-refractivity contribution in [1.82, 2.24) is 9.38 Å². The summed E-state index contributed by atoms with van der Waals surface area (Å²) in [6.07, 6.45) is 1.45. The van der Waals surface area contributed by atoms with Crippen LogP contribution < -0.4 is 10.3 Å². The standard InChI is InChI=1S/C22H16ClN3O5S/c23-16-9-10-20-24-18(12-21(27)26(20)13-16)14-31-22(28)15-5-4-6-17(11-15)25-32(29,30)19-7-2-1-3-8-19/h1-13,25H,14H2. The quantitative estimate of drug-likeness (QED) is 0.433. The second kappa shape index (κ2) is 8.81. The summed E-state index contributed by atoms with van der Waals surface area (Å²) in [4.78, 5) is 29.1. The number of aromatic nitrogens is 2. The third kappa shape index (κ3) is 4.79. The van der Waals surface area contributed by atoms with Gasteiger partial charge in [0.15, 0.2) is 0 Å². The van der Waals surface area contributed by atoms with E-state index in [1.165, 1.54) is 53.1 Å². The molecular weight excluding hydrogens is 454 g/mol. The van der Waals surface area contributed by atoms with Crippen molar-refractivity contribution in [3.8, 4) is 0 Å². The van der Waals surface area contributed by atoms with Crippen molar-refractivity contribution < 1.29 is 17.9 Å². The van der Waals surface area contributed by atoms with E-state index >= 15 is 0 Å². The lowest BCUT2D eigenvalue weighted by Crippen LogP contribution is -2.16. The maximum atomic E-state index is 12.5. The molecule has 162 valence electrons. The first kappa shape index (κ1) is 21.5. The summed E-state index contributed by atoms with van der Waals surface area (Å²) in [5.74, 6) is -0.691. The first-order chi connectivity index (χ1) is 15.3. The molecular formula is C22H16ClN3O5S. The molecule has 10 heteroatoms. The van der Waals surface area contributed by atoms with Gasteiger partial charge in [-0.1, -0.05) is 35.9 Å². The summed E-state index contributed by atoms with van der Waals surface area (Å²) in [7, 11) is -3.80. The molecule has 1 N–H and O–H groups in total. The molecule has 4 aromatic rings. The molecule has 2 aromatic carbocycles. The second-order valence-electron chi connectivity index (χ2n) is 6.74. The Labute approximate surface area is 188 Å². The van der Waals surface area contributed by atoms with Crippen molar-refractivity contribution in [2.45, 2.75) is 11.5 Å². The molecule has 0 atom stereocenters. The number of anilines is 1. The summed E-state index contributed by atoms with van der Waals surface area (Å²) in [5.41, 5.74) is 0.627. The van der Waals surface area contributed by atoms with Gasteiger partial charge in [-0.05, 0) is 42.5 Å². The molecule has 0 saturated carbocycles. The maximum Gasteiger partial charge on any atom is 0.338 e. The topological polar surface area (TPSA) is 107 Å². The Balaban J connectivity index is 1.48. The van der Waals surface area contributed by atoms with Crippen LogP contribution in [0.15, 0.2) is 88.7 Å². The highest BCUT2D eigenvalue weighted by molar-refractivity contribution is 7.92. The van der Waals surface area contributed by atoms with Crippen molar-refractivity contribution in [3.63, 3.8) is 0 Å². The molecule has 0 fully saturated rings. The van der Waals surface area contributed by atoms with Crippen LogP contribution in [-0.2, 0) is 21.4 Å². The molecule has 32 heavy (non-hydrogen) atoms. The minimum Gasteiger partial charge on any atom is -0.456 e. The van der Waals surface area contributed by atoms with Gasteiger partial charge in [0.2, 0.25) is 0 Å². The minimum absolute atomic E-state index is 0.0999. The zero-order valence-electron chi connectivity index (χ0n) is 16.4. The highest BCUT2D eigenvalue weighted by Gasteiger charge is 2.15. The van der Waals surface area contributed by atoms with Gasteiger partial charge in [-0.15, -0.1) is 0 Å². The van der Waals surface area contributed by atoms with Crippen LogP contribution in [0.2, 0.25) is 5.02 Å². The Morgan fingerprint density at radius 2 is 1.81 bits per heavy atom.